The molecule has 0 saturated carbocycles. The summed E-state index contributed by atoms with van der Waals surface area (Å²) < 4.78 is 61.2. The van der Waals surface area contributed by atoms with Crippen LogP contribution < -0.4 is 4.18 Å². The van der Waals surface area contributed by atoms with Crippen molar-refractivity contribution in [3.05, 3.63) is 18.1 Å². The summed E-state index contributed by atoms with van der Waals surface area (Å²) in [5, 5.41) is 0. The minimum atomic E-state index is -5.69. The first-order valence-corrected chi connectivity index (χ1v) is 5.49. The Hall–Kier alpha value is -1.38. The first-order chi connectivity index (χ1) is 7.28. The second-order valence-electron chi connectivity index (χ2n) is 2.64. The molecule has 0 spiro atoms. The van der Waals surface area contributed by atoms with Gasteiger partial charge in [-0.05, 0) is 6.42 Å². The third kappa shape index (κ3) is 2.60. The van der Waals surface area contributed by atoms with E-state index in [-0.39, 0.29) is 12.1 Å². The summed E-state index contributed by atoms with van der Waals surface area (Å²) in [5.74, 6) is -0.651. The molecule has 0 bridgehead atoms. The predicted octanol–water partition coefficient (Wildman–Crippen LogP) is 1.27. The number of halogens is 3. The SMILES string of the molecule is CCc1nccnc1OS(=O)(=O)C(F)(F)F. The Morgan fingerprint density at radius 1 is 1.31 bits per heavy atom. The van der Waals surface area contributed by atoms with Gasteiger partial charge < -0.3 is 4.18 Å². The fourth-order valence-corrected chi connectivity index (χ4v) is 1.26. The van der Waals surface area contributed by atoms with Crippen LogP contribution >= 0.6 is 0 Å². The zero-order valence-corrected chi connectivity index (χ0v) is 8.84. The summed E-state index contributed by atoms with van der Waals surface area (Å²) in [6.45, 7) is 1.58. The molecule has 0 aromatic carbocycles. The molecule has 0 aliphatic rings. The van der Waals surface area contributed by atoms with Crippen molar-refractivity contribution in [1.29, 1.82) is 0 Å². The highest BCUT2D eigenvalue weighted by Crippen LogP contribution is 2.26. The summed E-state index contributed by atoms with van der Waals surface area (Å²) in [6, 6.07) is 0. The molecule has 1 rings (SSSR count). The molecule has 0 unspecified atom stereocenters. The fourth-order valence-electron chi connectivity index (χ4n) is 0.817. The molecule has 16 heavy (non-hydrogen) atoms. The van der Waals surface area contributed by atoms with Crippen molar-refractivity contribution >= 4 is 10.1 Å². The third-order valence-electron chi connectivity index (χ3n) is 1.54. The third-order valence-corrected chi connectivity index (χ3v) is 2.49. The Morgan fingerprint density at radius 2 is 1.88 bits per heavy atom. The van der Waals surface area contributed by atoms with Gasteiger partial charge in [-0.25, -0.2) is 4.98 Å². The van der Waals surface area contributed by atoms with E-state index in [1.807, 2.05) is 0 Å². The van der Waals surface area contributed by atoms with Gasteiger partial charge in [-0.1, -0.05) is 6.92 Å². The molecule has 0 atom stereocenters. The van der Waals surface area contributed by atoms with Gasteiger partial charge in [0.1, 0.15) is 5.69 Å². The maximum atomic E-state index is 12.0. The molecule has 9 heteroatoms. The van der Waals surface area contributed by atoms with E-state index in [0.29, 0.717) is 0 Å². The van der Waals surface area contributed by atoms with Crippen molar-refractivity contribution in [1.82, 2.24) is 9.97 Å². The molecule has 0 fully saturated rings. The first-order valence-electron chi connectivity index (χ1n) is 4.08. The van der Waals surface area contributed by atoms with Crippen molar-refractivity contribution in [3.8, 4) is 5.88 Å². The van der Waals surface area contributed by atoms with Crippen LogP contribution in [0.25, 0.3) is 0 Å². The van der Waals surface area contributed by atoms with E-state index in [0.717, 1.165) is 6.20 Å². The van der Waals surface area contributed by atoms with Gasteiger partial charge in [0.25, 0.3) is 5.88 Å². The van der Waals surface area contributed by atoms with Crippen LogP contribution in [0, 0.1) is 0 Å². The standard InChI is InChI=1S/C7H7F3N2O3S/c1-2-5-6(12-4-3-11-5)15-16(13,14)7(8,9)10/h3-4H,2H2,1H3. The highest BCUT2D eigenvalue weighted by molar-refractivity contribution is 7.87. The number of nitrogens with zero attached hydrogens (tertiary/aromatic N) is 2. The average Bonchev–Trinajstić information content (AvgIpc) is 2.16. The maximum Gasteiger partial charge on any atom is 0.534 e. The lowest BCUT2D eigenvalue weighted by Gasteiger charge is -2.09. The Balaban J connectivity index is 3.06. The first kappa shape index (κ1) is 12.7. The van der Waals surface area contributed by atoms with E-state index in [4.69, 9.17) is 0 Å². The van der Waals surface area contributed by atoms with Crippen LogP contribution in [0.15, 0.2) is 12.4 Å². The normalized spacial score (nSPS) is 12.5. The lowest BCUT2D eigenvalue weighted by atomic mass is 10.3. The summed E-state index contributed by atoms with van der Waals surface area (Å²) in [7, 11) is -5.69. The van der Waals surface area contributed by atoms with Gasteiger partial charge in [0.2, 0.25) is 0 Å². The van der Waals surface area contributed by atoms with E-state index in [1.54, 1.807) is 6.92 Å². The van der Waals surface area contributed by atoms with E-state index >= 15 is 0 Å². The van der Waals surface area contributed by atoms with E-state index in [2.05, 4.69) is 14.2 Å². The quantitative estimate of drug-likeness (QED) is 0.601. The number of rotatable bonds is 3. The van der Waals surface area contributed by atoms with Crippen LogP contribution in [0.5, 0.6) is 5.88 Å². The van der Waals surface area contributed by atoms with Crippen LogP contribution in [0.2, 0.25) is 0 Å². The number of aromatic nitrogens is 2. The Labute approximate surface area is 89.4 Å². The maximum absolute atomic E-state index is 12.0. The largest absolute Gasteiger partial charge is 0.534 e. The van der Waals surface area contributed by atoms with E-state index in [1.165, 1.54) is 6.20 Å². The van der Waals surface area contributed by atoms with Gasteiger partial charge in [-0.15, -0.1) is 0 Å². The molecule has 90 valence electrons. The van der Waals surface area contributed by atoms with Gasteiger partial charge in [0.05, 0.1) is 0 Å². The number of alkyl halides is 3. The lowest BCUT2D eigenvalue weighted by molar-refractivity contribution is -0.0501. The van der Waals surface area contributed by atoms with Crippen molar-refractivity contribution in [3.63, 3.8) is 0 Å². The fraction of sp³-hybridized carbons (Fsp3) is 0.429. The molecule has 1 heterocycles. The van der Waals surface area contributed by atoms with Crippen LogP contribution in [-0.4, -0.2) is 23.9 Å². The Bertz CT molecular complexity index is 472. The van der Waals surface area contributed by atoms with Gasteiger partial charge in [-0.2, -0.15) is 21.6 Å². The lowest BCUT2D eigenvalue weighted by Crippen LogP contribution is -2.28. The molecule has 0 aliphatic heterocycles. The monoisotopic (exact) mass is 256 g/mol. The Kier molecular flexibility index (Phi) is 3.36. The summed E-state index contributed by atoms with van der Waals surface area (Å²) in [4.78, 5) is 7.03. The zero-order chi connectivity index (χ0) is 12.4. The molecule has 0 saturated heterocycles. The van der Waals surface area contributed by atoms with Gasteiger partial charge in [0.15, 0.2) is 0 Å². The predicted molar refractivity (Wildman–Crippen MR) is 47.0 cm³/mol. The van der Waals surface area contributed by atoms with Gasteiger partial charge >= 0.3 is 15.6 Å². The van der Waals surface area contributed by atoms with E-state index < -0.39 is 21.5 Å². The average molecular weight is 256 g/mol. The van der Waals surface area contributed by atoms with Crippen LogP contribution in [0.1, 0.15) is 12.6 Å². The molecule has 0 aliphatic carbocycles. The topological polar surface area (TPSA) is 69.2 Å². The Morgan fingerprint density at radius 3 is 2.38 bits per heavy atom. The number of hydrogen-bond acceptors (Lipinski definition) is 5. The van der Waals surface area contributed by atoms with Gasteiger partial charge in [-0.3, -0.25) is 4.98 Å². The molecular weight excluding hydrogens is 249 g/mol. The van der Waals surface area contributed by atoms with Crippen molar-refractivity contribution < 1.29 is 25.8 Å². The highest BCUT2D eigenvalue weighted by atomic mass is 32.2. The minimum Gasteiger partial charge on any atom is -0.353 e. The van der Waals surface area contributed by atoms with Crippen molar-refractivity contribution in [2.75, 3.05) is 0 Å². The molecule has 0 amide bonds. The summed E-state index contributed by atoms with van der Waals surface area (Å²) in [6.07, 6.45) is 2.48. The van der Waals surface area contributed by atoms with Gasteiger partial charge in [0, 0.05) is 12.4 Å². The van der Waals surface area contributed by atoms with Crippen molar-refractivity contribution in [2.45, 2.75) is 18.9 Å². The number of hydrogen-bond donors (Lipinski definition) is 0. The molecule has 5 nitrogen and oxygen atoms in total. The minimum absolute atomic E-state index is 0.0373. The molecule has 0 N–H and O–H groups in total. The zero-order valence-electron chi connectivity index (χ0n) is 8.02. The van der Waals surface area contributed by atoms with Crippen LogP contribution in [-0.2, 0) is 16.5 Å². The second kappa shape index (κ2) is 4.24. The summed E-state index contributed by atoms with van der Waals surface area (Å²) in [5.41, 5.74) is -5.44. The molecule has 1 aromatic heterocycles. The molecule has 0 radical (unpaired) electrons. The van der Waals surface area contributed by atoms with Crippen LogP contribution in [0.3, 0.4) is 0 Å². The number of aryl methyl sites for hydroxylation is 1. The smallest absolute Gasteiger partial charge is 0.353 e. The van der Waals surface area contributed by atoms with Crippen molar-refractivity contribution in [2.24, 2.45) is 0 Å². The van der Waals surface area contributed by atoms with E-state index in [9.17, 15) is 21.6 Å². The molecule has 1 aromatic rings. The van der Waals surface area contributed by atoms with Crippen LogP contribution in [0.4, 0.5) is 13.2 Å². The highest BCUT2D eigenvalue weighted by Gasteiger charge is 2.49. The summed E-state index contributed by atoms with van der Waals surface area (Å²) >= 11 is 0. The second-order valence-corrected chi connectivity index (χ2v) is 4.18. The molecular formula is C7H7F3N2O3S.